The van der Waals surface area contributed by atoms with Gasteiger partial charge in [0, 0.05) is 22.3 Å². The molecular weight excluding hydrogens is 1220 g/mol. The quantitative estimate of drug-likeness (QED) is 0.0883. The van der Waals surface area contributed by atoms with Gasteiger partial charge in [-0.05, 0) is 118 Å². The van der Waals surface area contributed by atoms with Crippen LogP contribution in [0.2, 0.25) is 0 Å². The summed E-state index contributed by atoms with van der Waals surface area (Å²) in [4.78, 5) is 135. The molecule has 4 heterocycles. The van der Waals surface area contributed by atoms with Gasteiger partial charge in [-0.3, -0.25) is 38.4 Å². The molecule has 0 fully saturated rings. The van der Waals surface area contributed by atoms with E-state index < -0.39 is 95.1 Å². The number of H-pyrrole nitrogens is 2. The maximum absolute atomic E-state index is 14.5. The number of methoxy groups -OCH3 is 8. The Morgan fingerprint density at radius 2 is 0.521 bits per heavy atom. The first-order valence-corrected chi connectivity index (χ1v) is 31.8. The highest BCUT2D eigenvalue weighted by molar-refractivity contribution is 6.35. The van der Waals surface area contributed by atoms with Crippen LogP contribution in [0.5, 0.6) is 0 Å². The van der Waals surface area contributed by atoms with Crippen LogP contribution in [0.25, 0.3) is 22.3 Å². The number of allylic oxidation sites excluding steroid dienone is 4. The van der Waals surface area contributed by atoms with Crippen molar-refractivity contribution < 1.29 is 76.3 Å². The standard InChI is InChI=1S/C76H70N4O16/c1-89-69(81)49-29-41-42(30-50(49)70(82)90-2)62-58(38-23-15-10-16-24-38)64-45-33-53(73(85)93-5)54(74(86)94-6)34-46(45)66(79-64)60(40-27-19-12-20-28-40)68-48-36-56(76(88)96-8)55(75(87)95-7)35-47(48)67(80-68)59(39-25-17-11-18-26-39)65-44-32-52(72(84)92-4)51(71(83)91-3)31-43(44)63(78-65)57(61(41)77-62)37-21-13-9-14-22-37/h9-28,49-56,77,80H,29-36H2,1-8H3. The molecule has 2 aromatic heterocycles. The van der Waals surface area contributed by atoms with E-state index in [0.717, 1.165) is 0 Å². The molecule has 0 radical (unpaired) electrons. The lowest BCUT2D eigenvalue weighted by Crippen LogP contribution is -2.40. The Morgan fingerprint density at radius 3 is 0.781 bits per heavy atom. The number of nitrogens with one attached hydrogen (secondary N) is 2. The third kappa shape index (κ3) is 10.7. The zero-order chi connectivity index (χ0) is 67.4. The predicted molar refractivity (Wildman–Crippen MR) is 350 cm³/mol. The second kappa shape index (κ2) is 26.2. The number of aromatic amines is 2. The highest BCUT2D eigenvalue weighted by Gasteiger charge is 2.51. The summed E-state index contributed by atoms with van der Waals surface area (Å²) in [7, 11) is 10.2. The van der Waals surface area contributed by atoms with E-state index in [1.165, 1.54) is 56.9 Å². The number of carbonyl (C=O) groups excluding carboxylic acids is 8. The number of aliphatic imine (C=N–C) groups is 2. The molecule has 0 amide bonds. The number of hydrogen-bond acceptors (Lipinski definition) is 18. The minimum Gasteiger partial charge on any atom is -0.469 e. The van der Waals surface area contributed by atoms with Crippen molar-refractivity contribution in [1.82, 2.24) is 9.97 Å². The lowest BCUT2D eigenvalue weighted by atomic mass is 9.71. The second-order valence-electron chi connectivity index (χ2n) is 24.8. The number of esters is 8. The Labute approximate surface area is 552 Å². The summed E-state index contributed by atoms with van der Waals surface area (Å²) < 4.78 is 44.3. The number of ether oxygens (including phenoxy) is 8. The van der Waals surface area contributed by atoms with E-state index in [9.17, 15) is 38.4 Å². The molecule has 2 N–H and O–H groups in total. The molecule has 2 aliphatic heterocycles. The van der Waals surface area contributed by atoms with E-state index >= 15 is 0 Å². The van der Waals surface area contributed by atoms with Gasteiger partial charge in [0.05, 0.1) is 149 Å². The van der Waals surface area contributed by atoms with Crippen LogP contribution >= 0.6 is 0 Å². The van der Waals surface area contributed by atoms with Crippen LogP contribution < -0.4 is 10.7 Å². The molecule has 5 aliphatic carbocycles. The topological polar surface area (TPSA) is 267 Å². The van der Waals surface area contributed by atoms with E-state index in [1.54, 1.807) is 0 Å². The van der Waals surface area contributed by atoms with Gasteiger partial charge in [-0.2, -0.15) is 0 Å². The van der Waals surface area contributed by atoms with Crippen molar-refractivity contribution in [1.29, 1.82) is 0 Å². The predicted octanol–water partition coefficient (Wildman–Crippen LogP) is 7.57. The van der Waals surface area contributed by atoms with Gasteiger partial charge < -0.3 is 47.9 Å². The van der Waals surface area contributed by atoms with Gasteiger partial charge in [0.25, 0.3) is 0 Å². The van der Waals surface area contributed by atoms with Crippen molar-refractivity contribution in [2.24, 2.45) is 57.3 Å². The third-order valence-corrected chi connectivity index (χ3v) is 20.3. The van der Waals surface area contributed by atoms with Crippen LogP contribution in [-0.4, -0.2) is 126 Å². The van der Waals surface area contributed by atoms with Crippen molar-refractivity contribution in [2.45, 2.75) is 51.4 Å². The van der Waals surface area contributed by atoms with Crippen molar-refractivity contribution in [3.63, 3.8) is 0 Å². The minimum atomic E-state index is -1.08. The van der Waals surface area contributed by atoms with Crippen molar-refractivity contribution in [2.75, 3.05) is 56.9 Å². The van der Waals surface area contributed by atoms with Crippen molar-refractivity contribution in [3.05, 3.63) is 222 Å². The summed E-state index contributed by atoms with van der Waals surface area (Å²) in [5.74, 6) is -13.7. The number of benzene rings is 4. The Kier molecular flexibility index (Phi) is 17.5. The zero-order valence-corrected chi connectivity index (χ0v) is 54.2. The monoisotopic (exact) mass is 1290 g/mol. The molecule has 6 aromatic rings. The minimum absolute atomic E-state index is 0.0572. The molecule has 96 heavy (non-hydrogen) atoms. The van der Waals surface area contributed by atoms with Gasteiger partial charge in [-0.15, -0.1) is 0 Å². The van der Waals surface area contributed by atoms with E-state index in [1.807, 2.05) is 121 Å². The normalized spacial score (nSPS) is 22.5. The van der Waals surface area contributed by atoms with Crippen molar-refractivity contribution in [3.8, 4) is 0 Å². The lowest BCUT2D eigenvalue weighted by Gasteiger charge is -2.31. The molecule has 490 valence electrons. The van der Waals surface area contributed by atoms with E-state index in [2.05, 4.69) is 9.97 Å². The average molecular weight is 1300 g/mol. The van der Waals surface area contributed by atoms with Crippen LogP contribution in [0, 0.1) is 47.3 Å². The molecule has 8 atom stereocenters. The average Bonchev–Trinajstić information content (AvgIpc) is 1.55. The number of hydrogen-bond donors (Lipinski definition) is 2. The summed E-state index contributed by atoms with van der Waals surface area (Å²) in [5, 5.41) is 0.984. The summed E-state index contributed by atoms with van der Waals surface area (Å²) in [6, 6.07) is 38.1. The molecule has 13 rings (SSSR count). The SMILES string of the molecule is COC(=O)C1CC2=C(CC1C(=O)OC)C1=C(c3ccccc3)c3[nH]c(c4c3CC(C(=O)OC)C(C(=O)OC)C4)C(c3ccccc3)=C3N=C(C4=C3CC(C(=O)OC)C(C(=O)OC)C4)C(c3ccccc3)=c3[nH]c(c4c3CC(C(=O)OC)C(C(=O)OC)C4)=C(c3ccccc3)C2=N1. The largest absolute Gasteiger partial charge is 0.469 e. The molecule has 8 unspecified atom stereocenters. The highest BCUT2D eigenvalue weighted by Crippen LogP contribution is 2.53. The van der Waals surface area contributed by atoms with Crippen LogP contribution in [0.3, 0.4) is 0 Å². The molecule has 20 heteroatoms. The van der Waals surface area contributed by atoms with E-state index in [4.69, 9.17) is 47.9 Å². The summed E-state index contributed by atoms with van der Waals surface area (Å²) in [6.07, 6.45) is -0.506. The Morgan fingerprint density at radius 1 is 0.292 bits per heavy atom. The summed E-state index contributed by atoms with van der Waals surface area (Å²) in [5.41, 5.74) is 12.2. The number of rotatable bonds is 12. The molecule has 0 saturated carbocycles. The second-order valence-corrected chi connectivity index (χ2v) is 24.8. The van der Waals surface area contributed by atoms with Gasteiger partial charge >= 0.3 is 47.8 Å². The van der Waals surface area contributed by atoms with E-state index in [0.29, 0.717) is 134 Å². The van der Waals surface area contributed by atoms with Crippen LogP contribution in [0.15, 0.2) is 165 Å². The Balaban J connectivity index is 1.32. The van der Waals surface area contributed by atoms with Crippen LogP contribution in [-0.2, 0) is 102 Å². The first-order chi connectivity index (χ1) is 46.6. The van der Waals surface area contributed by atoms with Gasteiger partial charge in [0.15, 0.2) is 0 Å². The number of carbonyl (C=O) groups is 8. The Bertz CT molecular complexity index is 4320. The van der Waals surface area contributed by atoms with Crippen LogP contribution in [0.4, 0.5) is 0 Å². The molecule has 7 aliphatic rings. The highest BCUT2D eigenvalue weighted by atomic mass is 16.6. The first kappa shape index (κ1) is 64.0. The molecule has 8 bridgehead atoms. The van der Waals surface area contributed by atoms with Gasteiger partial charge in [-0.1, -0.05) is 121 Å². The maximum atomic E-state index is 14.5. The van der Waals surface area contributed by atoms with Crippen LogP contribution in [0.1, 0.15) is 81.6 Å². The molecular formula is C76H70N4O16. The lowest BCUT2D eigenvalue weighted by molar-refractivity contribution is -0.158. The Hall–Kier alpha value is -10.8. The molecule has 20 nitrogen and oxygen atoms in total. The number of nitrogens with zero attached hydrogens (tertiary/aromatic N) is 2. The first-order valence-electron chi connectivity index (χ1n) is 31.8. The van der Waals surface area contributed by atoms with Gasteiger partial charge in [0.2, 0.25) is 0 Å². The third-order valence-electron chi connectivity index (χ3n) is 20.3. The maximum Gasteiger partial charge on any atom is 0.309 e. The fraction of sp³-hybridized carbons (Fsp3) is 0.316. The van der Waals surface area contributed by atoms with E-state index in [-0.39, 0.29) is 51.4 Å². The molecule has 4 aromatic carbocycles. The van der Waals surface area contributed by atoms with Crippen molar-refractivity contribution >= 4 is 81.5 Å². The number of aromatic nitrogens is 2. The zero-order valence-electron chi connectivity index (χ0n) is 54.2. The molecule has 0 saturated heterocycles. The van der Waals surface area contributed by atoms with Gasteiger partial charge in [-0.25, -0.2) is 9.98 Å². The molecule has 0 spiro atoms. The smallest absolute Gasteiger partial charge is 0.309 e. The summed E-state index contributed by atoms with van der Waals surface area (Å²) in [6.45, 7) is 0. The summed E-state index contributed by atoms with van der Waals surface area (Å²) >= 11 is 0. The van der Waals surface area contributed by atoms with Gasteiger partial charge in [0.1, 0.15) is 0 Å². The fourth-order valence-corrected chi connectivity index (χ4v) is 15.8. The fourth-order valence-electron chi connectivity index (χ4n) is 15.8.